The standard InChI is InChI=1S/C17H26F10NO4S2/c1-3-5-6-7-8-11-28(4-2)12-9-10-13(28,33(29,30)16(24,25)14(18,19)20)34(31,32)17(26,27)15(21,22)23/h3-12H2,1-2H3/q+1. The minimum absolute atomic E-state index is 0.190. The van der Waals surface area contributed by atoms with Crippen molar-refractivity contribution < 1.29 is 65.2 Å². The largest absolute Gasteiger partial charge is 0.469 e. The molecule has 0 radical (unpaired) electrons. The number of likely N-dealkylation sites (tertiary alicyclic amines) is 1. The van der Waals surface area contributed by atoms with Gasteiger partial charge in [0, 0.05) is 12.8 Å². The van der Waals surface area contributed by atoms with Gasteiger partial charge < -0.3 is 0 Å². The summed E-state index contributed by atoms with van der Waals surface area (Å²) in [5, 5.41) is -13.8. The molecule has 0 saturated carbocycles. The second-order valence-corrected chi connectivity index (χ2v) is 12.8. The fraction of sp³-hybridized carbons (Fsp3) is 1.00. The zero-order valence-electron chi connectivity index (χ0n) is 18.2. The maximum atomic E-state index is 14.3. The molecule has 0 aromatic carbocycles. The molecule has 17 heteroatoms. The summed E-state index contributed by atoms with van der Waals surface area (Å²) in [6, 6.07) is 0. The summed E-state index contributed by atoms with van der Waals surface area (Å²) in [6.07, 6.45) is -14.8. The van der Waals surface area contributed by atoms with Crippen LogP contribution >= 0.6 is 0 Å². The second kappa shape index (κ2) is 9.56. The number of alkyl halides is 10. The lowest BCUT2D eigenvalue weighted by atomic mass is 10.1. The van der Waals surface area contributed by atoms with Crippen LogP contribution < -0.4 is 0 Å². The predicted octanol–water partition coefficient (Wildman–Crippen LogP) is 5.38. The number of unbranched alkanes of at least 4 members (excludes halogenated alkanes) is 4. The van der Waals surface area contributed by atoms with Crippen LogP contribution in [-0.2, 0) is 19.7 Å². The first-order valence-corrected chi connectivity index (χ1v) is 13.3. The van der Waals surface area contributed by atoms with Crippen molar-refractivity contribution in [2.24, 2.45) is 0 Å². The van der Waals surface area contributed by atoms with Gasteiger partial charge in [-0.3, -0.25) is 4.48 Å². The zero-order chi connectivity index (χ0) is 27.1. The SMILES string of the molecule is CCCCCCC[N+]1(CC)CCCC1(S(=O)(=O)C(F)(F)C(F)(F)F)S(=O)(=O)C(F)(F)C(F)(F)F. The zero-order valence-corrected chi connectivity index (χ0v) is 19.9. The number of sulfone groups is 2. The van der Waals surface area contributed by atoms with Gasteiger partial charge in [0.25, 0.3) is 19.7 Å². The van der Waals surface area contributed by atoms with Crippen LogP contribution in [0.4, 0.5) is 43.9 Å². The van der Waals surface area contributed by atoms with Crippen LogP contribution in [0.3, 0.4) is 0 Å². The molecule has 1 fully saturated rings. The maximum Gasteiger partial charge on any atom is 0.469 e. The number of hydrogen-bond donors (Lipinski definition) is 0. The lowest BCUT2D eigenvalue weighted by Gasteiger charge is -2.48. The molecule has 0 spiro atoms. The van der Waals surface area contributed by atoms with E-state index in [1.54, 1.807) is 6.92 Å². The van der Waals surface area contributed by atoms with Gasteiger partial charge in [0.2, 0.25) is 0 Å². The fourth-order valence-electron chi connectivity index (χ4n) is 4.50. The molecule has 0 aliphatic carbocycles. The van der Waals surface area contributed by atoms with Gasteiger partial charge in [-0.15, -0.1) is 0 Å². The van der Waals surface area contributed by atoms with Crippen molar-refractivity contribution in [2.45, 2.75) is 85.9 Å². The van der Waals surface area contributed by atoms with E-state index >= 15 is 0 Å². The van der Waals surface area contributed by atoms with Crippen molar-refractivity contribution in [2.75, 3.05) is 19.6 Å². The number of nitrogens with zero attached hydrogens (tertiary/aromatic N) is 1. The first-order chi connectivity index (χ1) is 15.1. The molecule has 0 bridgehead atoms. The third-order valence-corrected chi connectivity index (χ3v) is 12.3. The summed E-state index contributed by atoms with van der Waals surface area (Å²) in [5.41, 5.74) is 0. The minimum atomic E-state index is -7.58. The van der Waals surface area contributed by atoms with Crippen molar-refractivity contribution in [1.82, 2.24) is 0 Å². The first kappa shape index (κ1) is 31.2. The molecule has 0 aromatic heterocycles. The molecule has 5 nitrogen and oxygen atoms in total. The highest BCUT2D eigenvalue weighted by Crippen LogP contribution is 2.59. The van der Waals surface area contributed by atoms with Crippen molar-refractivity contribution in [3.8, 4) is 0 Å². The molecule has 1 saturated heterocycles. The van der Waals surface area contributed by atoms with E-state index in [1.807, 2.05) is 0 Å². The molecular weight excluding hydrogens is 536 g/mol. The van der Waals surface area contributed by atoms with E-state index in [0.29, 0.717) is 19.3 Å². The Labute approximate surface area is 190 Å². The molecule has 0 N–H and O–H groups in total. The molecule has 204 valence electrons. The van der Waals surface area contributed by atoms with Gasteiger partial charge in [0.05, 0.1) is 19.6 Å². The van der Waals surface area contributed by atoms with Crippen LogP contribution in [0.25, 0.3) is 0 Å². The summed E-state index contributed by atoms with van der Waals surface area (Å²) in [5.74, 6) is 0. The lowest BCUT2D eigenvalue weighted by molar-refractivity contribution is -0.935. The Hall–Kier alpha value is -0.840. The van der Waals surface area contributed by atoms with Crippen LogP contribution in [0, 0.1) is 0 Å². The number of halogens is 10. The third-order valence-electron chi connectivity index (χ3n) is 6.27. The summed E-state index contributed by atoms with van der Waals surface area (Å²) < 4.78 is 180. The van der Waals surface area contributed by atoms with Crippen LogP contribution in [0.5, 0.6) is 0 Å². The number of quaternary nitrogens is 1. The van der Waals surface area contributed by atoms with Crippen LogP contribution in [0.1, 0.15) is 58.8 Å². The van der Waals surface area contributed by atoms with Crippen LogP contribution in [0.2, 0.25) is 0 Å². The van der Waals surface area contributed by atoms with Crippen molar-refractivity contribution in [1.29, 1.82) is 0 Å². The van der Waals surface area contributed by atoms with Crippen molar-refractivity contribution in [3.05, 3.63) is 0 Å². The number of rotatable bonds is 11. The van der Waals surface area contributed by atoms with Crippen molar-refractivity contribution in [3.63, 3.8) is 0 Å². The molecular formula is C17H26F10NO4S2+. The Morgan fingerprint density at radius 3 is 1.47 bits per heavy atom. The molecule has 1 unspecified atom stereocenters. The molecule has 1 aliphatic rings. The summed E-state index contributed by atoms with van der Waals surface area (Å²) in [6.45, 7) is 0.233. The normalized spacial score (nSPS) is 22.8. The van der Waals surface area contributed by atoms with E-state index in [4.69, 9.17) is 0 Å². The van der Waals surface area contributed by atoms with Gasteiger partial charge >= 0.3 is 27.1 Å². The molecule has 0 aromatic rings. The minimum Gasteiger partial charge on any atom is -0.293 e. The summed E-state index contributed by atoms with van der Waals surface area (Å²) in [7, 11) is -15.2. The number of hydrogen-bond acceptors (Lipinski definition) is 4. The summed E-state index contributed by atoms with van der Waals surface area (Å²) >= 11 is 0. The Morgan fingerprint density at radius 2 is 1.12 bits per heavy atom. The van der Waals surface area contributed by atoms with E-state index in [2.05, 4.69) is 0 Å². The van der Waals surface area contributed by atoms with Crippen LogP contribution in [0.15, 0.2) is 0 Å². The second-order valence-electron chi connectivity index (χ2n) is 8.18. The third kappa shape index (κ3) is 4.30. The van der Waals surface area contributed by atoms with E-state index in [-0.39, 0.29) is 12.8 Å². The molecule has 1 heterocycles. The highest BCUT2D eigenvalue weighted by atomic mass is 32.3. The average molecular weight is 563 g/mol. The van der Waals surface area contributed by atoms with Gasteiger partial charge in [-0.25, -0.2) is 16.8 Å². The molecule has 1 rings (SSSR count). The Morgan fingerprint density at radius 1 is 0.706 bits per heavy atom. The monoisotopic (exact) mass is 562 g/mol. The fourth-order valence-corrected chi connectivity index (χ4v) is 10.2. The van der Waals surface area contributed by atoms with Gasteiger partial charge in [-0.2, -0.15) is 43.9 Å². The first-order valence-electron chi connectivity index (χ1n) is 10.3. The topological polar surface area (TPSA) is 68.3 Å². The molecule has 1 atom stereocenters. The van der Waals surface area contributed by atoms with Gasteiger partial charge in [0.15, 0.2) is 0 Å². The van der Waals surface area contributed by atoms with Gasteiger partial charge in [-0.1, -0.05) is 26.2 Å². The van der Waals surface area contributed by atoms with Crippen molar-refractivity contribution >= 4 is 19.7 Å². The van der Waals surface area contributed by atoms with E-state index in [9.17, 15) is 60.7 Å². The quantitative estimate of drug-likeness (QED) is 0.193. The summed E-state index contributed by atoms with van der Waals surface area (Å²) in [4.78, 5) is 0. The highest BCUT2D eigenvalue weighted by molar-refractivity contribution is 8.11. The van der Waals surface area contributed by atoms with E-state index in [0.717, 1.165) is 6.92 Å². The lowest BCUT2D eigenvalue weighted by Crippen LogP contribution is -2.75. The Bertz CT molecular complexity index is 873. The van der Waals surface area contributed by atoms with Crippen LogP contribution in [-0.4, -0.2) is 68.0 Å². The smallest absolute Gasteiger partial charge is 0.293 e. The molecule has 0 amide bonds. The molecule has 1 aliphatic heterocycles. The predicted molar refractivity (Wildman–Crippen MR) is 101 cm³/mol. The molecule has 34 heavy (non-hydrogen) atoms. The average Bonchev–Trinajstić information content (AvgIpc) is 3.07. The maximum absolute atomic E-state index is 14.3. The van der Waals surface area contributed by atoms with Gasteiger partial charge in [0.1, 0.15) is 0 Å². The van der Waals surface area contributed by atoms with E-state index < -0.39 is 83.7 Å². The van der Waals surface area contributed by atoms with Gasteiger partial charge in [-0.05, 0) is 19.8 Å². The van der Waals surface area contributed by atoms with E-state index in [1.165, 1.54) is 0 Å². The Kier molecular flexibility index (Phi) is 8.77. The Balaban J connectivity index is 4.02. The highest BCUT2D eigenvalue weighted by Gasteiger charge is 2.88.